The van der Waals surface area contributed by atoms with Gasteiger partial charge in [-0.05, 0) is 18.3 Å². The number of halogens is 1. The van der Waals surface area contributed by atoms with Crippen LogP contribution < -0.4 is 0 Å². The first-order chi connectivity index (χ1) is 8.18. The molecule has 0 N–H and O–H groups in total. The zero-order chi connectivity index (χ0) is 13.8. The van der Waals surface area contributed by atoms with E-state index in [4.69, 9.17) is 20.2 Å². The highest BCUT2D eigenvalue weighted by Gasteiger charge is 2.29. The molecule has 0 amide bonds. The average molecular weight is 299 g/mol. The molecular formula is C12H23ClO4S. The Kier molecular flexibility index (Phi) is 5.90. The molecule has 0 aromatic rings. The normalized spacial score (nSPS) is 23.2. The Labute approximate surface area is 114 Å². The Morgan fingerprint density at radius 1 is 1.44 bits per heavy atom. The van der Waals surface area contributed by atoms with Crippen molar-refractivity contribution in [1.29, 1.82) is 0 Å². The lowest BCUT2D eigenvalue weighted by Crippen LogP contribution is -2.31. The van der Waals surface area contributed by atoms with Crippen molar-refractivity contribution >= 4 is 19.7 Å². The van der Waals surface area contributed by atoms with Crippen LogP contribution in [-0.4, -0.2) is 40.1 Å². The molecule has 1 aliphatic heterocycles. The van der Waals surface area contributed by atoms with Gasteiger partial charge in [0.05, 0.1) is 25.1 Å². The van der Waals surface area contributed by atoms with Crippen molar-refractivity contribution in [3.8, 4) is 0 Å². The zero-order valence-electron chi connectivity index (χ0n) is 11.3. The van der Waals surface area contributed by atoms with Crippen LogP contribution in [0.3, 0.4) is 0 Å². The zero-order valence-corrected chi connectivity index (χ0v) is 12.9. The minimum absolute atomic E-state index is 0.0520. The summed E-state index contributed by atoms with van der Waals surface area (Å²) in [6.07, 6.45) is 2.26. The molecule has 0 aromatic carbocycles. The summed E-state index contributed by atoms with van der Waals surface area (Å²) in [7, 11) is 1.84. The number of ether oxygens (including phenoxy) is 2. The quantitative estimate of drug-likeness (QED) is 0.707. The fourth-order valence-corrected chi connectivity index (χ4v) is 3.44. The van der Waals surface area contributed by atoms with Gasteiger partial charge in [0.25, 0.3) is 0 Å². The molecule has 0 aliphatic carbocycles. The third kappa shape index (κ3) is 6.36. The van der Waals surface area contributed by atoms with Gasteiger partial charge in [0.15, 0.2) is 0 Å². The minimum Gasteiger partial charge on any atom is -0.378 e. The van der Waals surface area contributed by atoms with Crippen molar-refractivity contribution in [2.24, 2.45) is 11.3 Å². The third-order valence-electron chi connectivity index (χ3n) is 3.27. The molecule has 0 aromatic heterocycles. The van der Waals surface area contributed by atoms with E-state index in [2.05, 4.69) is 0 Å². The van der Waals surface area contributed by atoms with Crippen LogP contribution in [0, 0.1) is 11.3 Å². The minimum atomic E-state index is -3.49. The summed E-state index contributed by atoms with van der Waals surface area (Å²) in [5.41, 5.74) is -0.154. The van der Waals surface area contributed by atoms with E-state index >= 15 is 0 Å². The Balaban J connectivity index is 2.41. The fourth-order valence-electron chi connectivity index (χ4n) is 1.91. The van der Waals surface area contributed by atoms with Crippen molar-refractivity contribution in [2.75, 3.05) is 25.6 Å². The summed E-state index contributed by atoms with van der Waals surface area (Å²) in [5, 5.41) is 0. The van der Waals surface area contributed by atoms with E-state index in [1.165, 1.54) is 0 Å². The van der Waals surface area contributed by atoms with Gasteiger partial charge in [-0.25, -0.2) is 8.42 Å². The maximum atomic E-state index is 11.2. The maximum absolute atomic E-state index is 11.2. The Bertz CT molecular complexity index is 342. The van der Waals surface area contributed by atoms with E-state index in [1.54, 1.807) is 0 Å². The van der Waals surface area contributed by atoms with Gasteiger partial charge in [-0.3, -0.25) is 0 Å². The van der Waals surface area contributed by atoms with Crippen molar-refractivity contribution in [3.05, 3.63) is 0 Å². The summed E-state index contributed by atoms with van der Waals surface area (Å²) < 4.78 is 33.4. The van der Waals surface area contributed by atoms with Crippen molar-refractivity contribution in [3.63, 3.8) is 0 Å². The molecule has 0 bridgehead atoms. The van der Waals surface area contributed by atoms with E-state index < -0.39 is 9.05 Å². The molecule has 2 atom stereocenters. The van der Waals surface area contributed by atoms with E-state index in [0.29, 0.717) is 13.2 Å². The van der Waals surface area contributed by atoms with Gasteiger partial charge in [-0.1, -0.05) is 20.8 Å². The average Bonchev–Trinajstić information content (AvgIpc) is 2.65. The molecule has 18 heavy (non-hydrogen) atoms. The van der Waals surface area contributed by atoms with Crippen LogP contribution >= 0.6 is 10.7 Å². The van der Waals surface area contributed by atoms with Crippen LogP contribution in [0.15, 0.2) is 0 Å². The summed E-state index contributed by atoms with van der Waals surface area (Å²) in [5.74, 6) is -0.162. The van der Waals surface area contributed by atoms with E-state index in [9.17, 15) is 8.42 Å². The first-order valence-corrected chi connectivity index (χ1v) is 8.78. The molecular weight excluding hydrogens is 276 g/mol. The Morgan fingerprint density at radius 2 is 2.11 bits per heavy atom. The molecule has 108 valence electrons. The van der Waals surface area contributed by atoms with E-state index in [-0.39, 0.29) is 23.2 Å². The van der Waals surface area contributed by atoms with Crippen LogP contribution in [0.1, 0.15) is 33.6 Å². The largest absolute Gasteiger partial charge is 0.378 e. The molecule has 6 heteroatoms. The molecule has 0 spiro atoms. The van der Waals surface area contributed by atoms with Gasteiger partial charge >= 0.3 is 0 Å². The summed E-state index contributed by atoms with van der Waals surface area (Å²) in [6.45, 7) is 7.72. The first-order valence-electron chi connectivity index (χ1n) is 6.30. The van der Waals surface area contributed by atoms with Gasteiger partial charge in [-0.2, -0.15) is 0 Å². The van der Waals surface area contributed by atoms with Gasteiger partial charge in [0.2, 0.25) is 9.05 Å². The second-order valence-corrected chi connectivity index (χ2v) is 8.76. The SMILES string of the molecule is CC(C)(C)C(COCC1CCCO1)CS(=O)(=O)Cl. The van der Waals surface area contributed by atoms with Gasteiger partial charge in [-0.15, -0.1) is 0 Å². The second kappa shape index (κ2) is 6.55. The lowest BCUT2D eigenvalue weighted by atomic mass is 9.82. The lowest BCUT2D eigenvalue weighted by molar-refractivity contribution is -0.00585. The summed E-state index contributed by atoms with van der Waals surface area (Å²) >= 11 is 0. The highest BCUT2D eigenvalue weighted by Crippen LogP contribution is 2.28. The number of hydrogen-bond donors (Lipinski definition) is 0. The van der Waals surface area contributed by atoms with Gasteiger partial charge in [0, 0.05) is 23.2 Å². The molecule has 1 fully saturated rings. The van der Waals surface area contributed by atoms with Crippen molar-refractivity contribution in [2.45, 2.75) is 39.7 Å². The lowest BCUT2D eigenvalue weighted by Gasteiger charge is -2.29. The van der Waals surface area contributed by atoms with Gasteiger partial charge < -0.3 is 9.47 Å². The van der Waals surface area contributed by atoms with E-state index in [0.717, 1.165) is 19.4 Å². The van der Waals surface area contributed by atoms with Crippen LogP contribution in [0.2, 0.25) is 0 Å². The topological polar surface area (TPSA) is 52.6 Å². The number of rotatable bonds is 6. The van der Waals surface area contributed by atoms with Crippen LogP contribution in [0.5, 0.6) is 0 Å². The Morgan fingerprint density at radius 3 is 2.56 bits per heavy atom. The monoisotopic (exact) mass is 298 g/mol. The van der Waals surface area contributed by atoms with Crippen LogP contribution in [-0.2, 0) is 18.5 Å². The maximum Gasteiger partial charge on any atom is 0.232 e. The predicted octanol–water partition coefficient (Wildman–Crippen LogP) is 2.41. The van der Waals surface area contributed by atoms with Crippen LogP contribution in [0.25, 0.3) is 0 Å². The summed E-state index contributed by atoms with van der Waals surface area (Å²) in [4.78, 5) is 0. The molecule has 0 radical (unpaired) electrons. The molecule has 1 heterocycles. The molecule has 1 rings (SSSR count). The highest BCUT2D eigenvalue weighted by molar-refractivity contribution is 8.13. The predicted molar refractivity (Wildman–Crippen MR) is 72.4 cm³/mol. The van der Waals surface area contributed by atoms with Gasteiger partial charge in [0.1, 0.15) is 0 Å². The second-order valence-electron chi connectivity index (χ2n) is 5.94. The first kappa shape index (κ1) is 16.2. The van der Waals surface area contributed by atoms with E-state index in [1.807, 2.05) is 20.8 Å². The standard InChI is InChI=1S/C12H23ClO4S/c1-12(2,3)10(9-18(13,14)15)7-16-8-11-5-4-6-17-11/h10-11H,4-9H2,1-3H3. The van der Waals surface area contributed by atoms with Crippen LogP contribution in [0.4, 0.5) is 0 Å². The smallest absolute Gasteiger partial charge is 0.232 e. The van der Waals surface area contributed by atoms with Crippen molar-refractivity contribution in [1.82, 2.24) is 0 Å². The molecule has 4 nitrogen and oxygen atoms in total. The molecule has 1 aliphatic rings. The summed E-state index contributed by atoms with van der Waals surface area (Å²) in [6, 6.07) is 0. The fraction of sp³-hybridized carbons (Fsp3) is 1.00. The highest BCUT2D eigenvalue weighted by atomic mass is 35.7. The van der Waals surface area contributed by atoms with Crippen molar-refractivity contribution < 1.29 is 17.9 Å². The molecule has 2 unspecified atom stereocenters. The Hall–Kier alpha value is 0.160. The molecule has 1 saturated heterocycles. The number of hydrogen-bond acceptors (Lipinski definition) is 4. The molecule has 0 saturated carbocycles. The third-order valence-corrected chi connectivity index (χ3v) is 4.45.